The maximum Gasteiger partial charge on any atom is 0.167 e. The summed E-state index contributed by atoms with van der Waals surface area (Å²) in [5.41, 5.74) is 2.42. The molecule has 0 fully saturated rings. The molecule has 1 N–H and O–H groups in total. The lowest BCUT2D eigenvalue weighted by atomic mass is 10.1. The highest BCUT2D eigenvalue weighted by molar-refractivity contribution is 5.85. The molecule has 0 aliphatic carbocycles. The first-order valence-electron chi connectivity index (χ1n) is 6.05. The molecule has 2 aromatic carbocycles. The quantitative estimate of drug-likeness (QED) is 0.637. The molecular weight excluding hydrogens is 218 g/mol. The molecule has 0 amide bonds. The van der Waals surface area contributed by atoms with Crippen LogP contribution >= 0.6 is 0 Å². The molecule has 1 heteroatoms. The van der Waals surface area contributed by atoms with E-state index in [2.05, 4.69) is 71.7 Å². The van der Waals surface area contributed by atoms with Crippen molar-refractivity contribution in [3.63, 3.8) is 0 Å². The Morgan fingerprint density at radius 3 is 2.22 bits per heavy atom. The first kappa shape index (κ1) is 10.7. The Kier molecular flexibility index (Phi) is 2.89. The number of pyridine rings is 1. The maximum atomic E-state index is 3.02. The summed E-state index contributed by atoms with van der Waals surface area (Å²) < 4.78 is 0. The van der Waals surface area contributed by atoms with Crippen LogP contribution in [0.1, 0.15) is 11.1 Å². The van der Waals surface area contributed by atoms with Crippen LogP contribution in [0.5, 0.6) is 0 Å². The van der Waals surface area contributed by atoms with Gasteiger partial charge < -0.3 is 0 Å². The molecule has 0 saturated carbocycles. The number of hydrogen-bond acceptors (Lipinski definition) is 0. The average molecular weight is 232 g/mol. The van der Waals surface area contributed by atoms with Gasteiger partial charge in [0, 0.05) is 12.1 Å². The highest BCUT2D eigenvalue weighted by Crippen LogP contribution is 2.17. The summed E-state index contributed by atoms with van der Waals surface area (Å²) in [6, 6.07) is 19.0. The van der Waals surface area contributed by atoms with E-state index < -0.39 is 0 Å². The Labute approximate surface area is 106 Å². The smallest absolute Gasteiger partial charge is 0.167 e. The third-order valence-electron chi connectivity index (χ3n) is 2.99. The van der Waals surface area contributed by atoms with Crippen molar-refractivity contribution in [2.75, 3.05) is 0 Å². The SMILES string of the molecule is C(=C\c1ccc2ccccc2c1)/c1cc[nH+]cc1. The van der Waals surface area contributed by atoms with E-state index in [0.717, 1.165) is 0 Å². The van der Waals surface area contributed by atoms with Crippen molar-refractivity contribution in [3.05, 3.63) is 78.1 Å². The van der Waals surface area contributed by atoms with Gasteiger partial charge in [0.15, 0.2) is 12.4 Å². The Bertz CT molecular complexity index is 684. The Morgan fingerprint density at radius 1 is 0.667 bits per heavy atom. The summed E-state index contributed by atoms with van der Waals surface area (Å²) in [7, 11) is 0. The zero-order chi connectivity index (χ0) is 12.2. The van der Waals surface area contributed by atoms with Crippen molar-refractivity contribution < 1.29 is 4.98 Å². The molecule has 0 radical (unpaired) electrons. The van der Waals surface area contributed by atoms with Crippen LogP contribution < -0.4 is 4.98 Å². The van der Waals surface area contributed by atoms with E-state index >= 15 is 0 Å². The first-order chi connectivity index (χ1) is 8.92. The van der Waals surface area contributed by atoms with Crippen molar-refractivity contribution in [1.82, 2.24) is 0 Å². The van der Waals surface area contributed by atoms with Crippen molar-refractivity contribution in [3.8, 4) is 0 Å². The molecule has 18 heavy (non-hydrogen) atoms. The highest BCUT2D eigenvalue weighted by Gasteiger charge is 1.93. The minimum Gasteiger partial charge on any atom is -0.218 e. The van der Waals surface area contributed by atoms with E-state index in [9.17, 15) is 0 Å². The van der Waals surface area contributed by atoms with E-state index in [1.165, 1.54) is 21.9 Å². The van der Waals surface area contributed by atoms with Crippen LogP contribution in [0.3, 0.4) is 0 Å². The summed E-state index contributed by atoms with van der Waals surface area (Å²) in [4.78, 5) is 3.02. The number of benzene rings is 2. The normalized spacial score (nSPS) is 11.1. The van der Waals surface area contributed by atoms with Crippen LogP contribution in [0.15, 0.2) is 67.0 Å². The predicted molar refractivity (Wildman–Crippen MR) is 75.9 cm³/mol. The van der Waals surface area contributed by atoms with Crippen molar-refractivity contribution in [1.29, 1.82) is 0 Å². The summed E-state index contributed by atoms with van der Waals surface area (Å²) in [6.07, 6.45) is 8.12. The van der Waals surface area contributed by atoms with Gasteiger partial charge in [0.1, 0.15) is 0 Å². The molecule has 1 aromatic heterocycles. The van der Waals surface area contributed by atoms with Gasteiger partial charge >= 0.3 is 0 Å². The van der Waals surface area contributed by atoms with E-state index in [0.29, 0.717) is 0 Å². The molecular formula is C17H14N+. The molecule has 0 atom stereocenters. The molecule has 0 aliphatic rings. The summed E-state index contributed by atoms with van der Waals surface area (Å²) >= 11 is 0. The van der Waals surface area contributed by atoms with Crippen molar-refractivity contribution in [2.24, 2.45) is 0 Å². The fraction of sp³-hybridized carbons (Fsp3) is 0. The summed E-state index contributed by atoms with van der Waals surface area (Å²) in [5, 5.41) is 2.56. The topological polar surface area (TPSA) is 14.1 Å². The summed E-state index contributed by atoms with van der Waals surface area (Å²) in [5.74, 6) is 0. The zero-order valence-electron chi connectivity index (χ0n) is 10.0. The molecule has 86 valence electrons. The number of nitrogens with one attached hydrogen (secondary N) is 1. The Balaban J connectivity index is 1.93. The van der Waals surface area contributed by atoms with Gasteiger partial charge in [0.25, 0.3) is 0 Å². The van der Waals surface area contributed by atoms with Gasteiger partial charge in [-0.15, -0.1) is 0 Å². The molecule has 1 nitrogen and oxygen atoms in total. The fourth-order valence-corrected chi connectivity index (χ4v) is 2.01. The van der Waals surface area contributed by atoms with Crippen LogP contribution in [-0.2, 0) is 0 Å². The second kappa shape index (κ2) is 4.84. The molecule has 3 rings (SSSR count). The van der Waals surface area contributed by atoms with Gasteiger partial charge in [-0.1, -0.05) is 48.6 Å². The van der Waals surface area contributed by atoms with E-state index in [1.807, 2.05) is 12.4 Å². The zero-order valence-corrected chi connectivity index (χ0v) is 10.0. The molecule has 0 bridgehead atoms. The molecule has 3 aromatic rings. The molecule has 0 saturated heterocycles. The molecule has 1 heterocycles. The monoisotopic (exact) mass is 232 g/mol. The predicted octanol–water partition coefficient (Wildman–Crippen LogP) is 3.82. The van der Waals surface area contributed by atoms with Crippen LogP contribution in [0.25, 0.3) is 22.9 Å². The third-order valence-corrected chi connectivity index (χ3v) is 2.99. The van der Waals surface area contributed by atoms with E-state index in [1.54, 1.807) is 0 Å². The number of H-pyrrole nitrogens is 1. The minimum atomic E-state index is 1.20. The van der Waals surface area contributed by atoms with Crippen LogP contribution in [0.4, 0.5) is 0 Å². The van der Waals surface area contributed by atoms with Gasteiger partial charge in [-0.25, -0.2) is 4.98 Å². The van der Waals surface area contributed by atoms with E-state index in [-0.39, 0.29) is 0 Å². The largest absolute Gasteiger partial charge is 0.218 e. The second-order valence-corrected chi connectivity index (χ2v) is 4.27. The van der Waals surface area contributed by atoms with Gasteiger partial charge in [-0.2, -0.15) is 0 Å². The number of fused-ring (bicyclic) bond motifs is 1. The Morgan fingerprint density at radius 2 is 1.39 bits per heavy atom. The maximum absolute atomic E-state index is 3.02. The lowest BCUT2D eigenvalue weighted by molar-refractivity contribution is -0.378. The van der Waals surface area contributed by atoms with Crippen molar-refractivity contribution in [2.45, 2.75) is 0 Å². The highest BCUT2D eigenvalue weighted by atomic mass is 14.6. The third kappa shape index (κ3) is 2.30. The van der Waals surface area contributed by atoms with Crippen LogP contribution in [0.2, 0.25) is 0 Å². The lowest BCUT2D eigenvalue weighted by Crippen LogP contribution is -1.96. The standard InChI is InChI=1S/C17H13N/c1-2-4-17-13-15(7-8-16(17)3-1)6-5-14-9-11-18-12-10-14/h1-13H/p+1/b6-5+. The minimum absolute atomic E-state index is 1.20. The molecule has 0 unspecified atom stereocenters. The second-order valence-electron chi connectivity index (χ2n) is 4.27. The Hall–Kier alpha value is -2.41. The number of aromatic amines is 1. The lowest BCUT2D eigenvalue weighted by Gasteiger charge is -1.99. The summed E-state index contributed by atoms with van der Waals surface area (Å²) in [6.45, 7) is 0. The average Bonchev–Trinajstić information content (AvgIpc) is 2.46. The van der Waals surface area contributed by atoms with Crippen LogP contribution in [-0.4, -0.2) is 0 Å². The van der Waals surface area contributed by atoms with Gasteiger partial charge in [-0.05, 0) is 28.0 Å². The van der Waals surface area contributed by atoms with E-state index in [4.69, 9.17) is 0 Å². The van der Waals surface area contributed by atoms with Gasteiger partial charge in [-0.3, -0.25) is 0 Å². The number of aromatic nitrogens is 1. The fourth-order valence-electron chi connectivity index (χ4n) is 2.01. The van der Waals surface area contributed by atoms with Gasteiger partial charge in [0.05, 0.1) is 0 Å². The van der Waals surface area contributed by atoms with Crippen LogP contribution in [0, 0.1) is 0 Å². The number of rotatable bonds is 2. The molecule has 0 spiro atoms. The first-order valence-corrected chi connectivity index (χ1v) is 6.05. The van der Waals surface area contributed by atoms with Crippen molar-refractivity contribution >= 4 is 22.9 Å². The van der Waals surface area contributed by atoms with Gasteiger partial charge in [0.2, 0.25) is 0 Å². The molecule has 0 aliphatic heterocycles. The number of hydrogen-bond donors (Lipinski definition) is 0.